The first-order valence-electron chi connectivity index (χ1n) is 6.76. The third-order valence-electron chi connectivity index (χ3n) is 3.23. The number of nitrogens with zero attached hydrogens (tertiary/aromatic N) is 2. The summed E-state index contributed by atoms with van der Waals surface area (Å²) in [6.45, 7) is 6.77. The number of para-hydroxylation sites is 1. The van der Waals surface area contributed by atoms with E-state index >= 15 is 0 Å². The predicted molar refractivity (Wildman–Crippen MR) is 77.8 cm³/mol. The summed E-state index contributed by atoms with van der Waals surface area (Å²) in [6.07, 6.45) is 0.663. The summed E-state index contributed by atoms with van der Waals surface area (Å²) in [5.74, 6) is 1.27. The van der Waals surface area contributed by atoms with E-state index < -0.39 is 0 Å². The van der Waals surface area contributed by atoms with E-state index in [0.717, 1.165) is 5.69 Å². The molecule has 0 aliphatic heterocycles. The van der Waals surface area contributed by atoms with Gasteiger partial charge in [-0.2, -0.15) is 4.98 Å². The number of anilines is 1. The highest BCUT2D eigenvalue weighted by Gasteiger charge is 2.15. The maximum atomic E-state index is 5.30. The van der Waals surface area contributed by atoms with Crippen molar-refractivity contribution >= 4 is 5.69 Å². The molecule has 1 heterocycles. The maximum absolute atomic E-state index is 5.30. The predicted octanol–water partition coefficient (Wildman–Crippen LogP) is 3.05. The summed E-state index contributed by atoms with van der Waals surface area (Å²) in [4.78, 5) is 4.38. The highest BCUT2D eigenvalue weighted by Crippen LogP contribution is 2.24. The monoisotopic (exact) mass is 275 g/mol. The Labute approximate surface area is 119 Å². The first-order valence-corrected chi connectivity index (χ1v) is 6.76. The van der Waals surface area contributed by atoms with E-state index in [2.05, 4.69) is 47.5 Å². The van der Waals surface area contributed by atoms with Crippen LogP contribution < -0.4 is 5.32 Å². The molecule has 0 amide bonds. The van der Waals surface area contributed by atoms with Crippen molar-refractivity contribution in [2.24, 2.45) is 0 Å². The fourth-order valence-corrected chi connectivity index (χ4v) is 2.06. The van der Waals surface area contributed by atoms with Gasteiger partial charge in [-0.05, 0) is 31.9 Å². The average molecular weight is 275 g/mol. The Morgan fingerprint density at radius 2 is 2.00 bits per heavy atom. The Bertz CT molecular complexity index is 546. The third-order valence-corrected chi connectivity index (χ3v) is 3.23. The van der Waals surface area contributed by atoms with Crippen molar-refractivity contribution in [1.29, 1.82) is 0 Å². The summed E-state index contributed by atoms with van der Waals surface area (Å²) >= 11 is 0. The number of rotatable bonds is 6. The Morgan fingerprint density at radius 1 is 1.30 bits per heavy atom. The zero-order valence-corrected chi connectivity index (χ0v) is 12.4. The fraction of sp³-hybridized carbons (Fsp3) is 0.467. The molecule has 0 radical (unpaired) electrons. The lowest BCUT2D eigenvalue weighted by Crippen LogP contribution is -2.09. The van der Waals surface area contributed by atoms with Gasteiger partial charge in [0.05, 0.1) is 6.61 Å². The molecular weight excluding hydrogens is 254 g/mol. The molecule has 1 aromatic heterocycles. The number of methoxy groups -OCH3 is 1. The molecule has 0 saturated carbocycles. The van der Waals surface area contributed by atoms with Crippen LogP contribution in [-0.4, -0.2) is 23.9 Å². The summed E-state index contributed by atoms with van der Waals surface area (Å²) in [5.41, 5.74) is 3.53. The molecule has 0 spiro atoms. The maximum Gasteiger partial charge on any atom is 0.248 e. The first-order chi connectivity index (χ1) is 9.61. The van der Waals surface area contributed by atoms with Crippen molar-refractivity contribution in [2.45, 2.75) is 33.2 Å². The SMILES string of the molecule is COCCc1noc([C@H](C)Nc2c(C)cccc2C)n1. The molecule has 5 heteroatoms. The quantitative estimate of drug-likeness (QED) is 0.878. The molecule has 0 aliphatic carbocycles. The molecule has 1 N–H and O–H groups in total. The highest BCUT2D eigenvalue weighted by atomic mass is 16.5. The van der Waals surface area contributed by atoms with Crippen LogP contribution in [0.15, 0.2) is 22.7 Å². The molecule has 1 atom stereocenters. The molecule has 1 aromatic carbocycles. The van der Waals surface area contributed by atoms with Crippen LogP contribution in [0.2, 0.25) is 0 Å². The van der Waals surface area contributed by atoms with Crippen molar-refractivity contribution < 1.29 is 9.26 Å². The van der Waals surface area contributed by atoms with Gasteiger partial charge in [-0.3, -0.25) is 0 Å². The Balaban J connectivity index is 2.08. The molecule has 5 nitrogen and oxygen atoms in total. The second-order valence-electron chi connectivity index (χ2n) is 4.92. The number of aryl methyl sites for hydroxylation is 2. The number of hydrogen-bond acceptors (Lipinski definition) is 5. The van der Waals surface area contributed by atoms with Crippen molar-refractivity contribution in [1.82, 2.24) is 10.1 Å². The van der Waals surface area contributed by atoms with Gasteiger partial charge in [0, 0.05) is 19.2 Å². The number of nitrogens with one attached hydrogen (secondary N) is 1. The topological polar surface area (TPSA) is 60.2 Å². The van der Waals surface area contributed by atoms with Gasteiger partial charge in [-0.1, -0.05) is 23.4 Å². The molecule has 108 valence electrons. The van der Waals surface area contributed by atoms with Crippen LogP contribution in [0.3, 0.4) is 0 Å². The van der Waals surface area contributed by atoms with Gasteiger partial charge >= 0.3 is 0 Å². The van der Waals surface area contributed by atoms with Crippen LogP contribution in [0.4, 0.5) is 5.69 Å². The number of benzene rings is 1. The molecule has 20 heavy (non-hydrogen) atoms. The highest BCUT2D eigenvalue weighted by molar-refractivity contribution is 5.57. The fourth-order valence-electron chi connectivity index (χ4n) is 2.06. The summed E-state index contributed by atoms with van der Waals surface area (Å²) in [7, 11) is 1.66. The van der Waals surface area contributed by atoms with Crippen LogP contribution in [0.25, 0.3) is 0 Å². The lowest BCUT2D eigenvalue weighted by Gasteiger charge is -2.16. The molecule has 0 aliphatic rings. The van der Waals surface area contributed by atoms with Crippen LogP contribution in [-0.2, 0) is 11.2 Å². The van der Waals surface area contributed by atoms with Crippen LogP contribution in [0.5, 0.6) is 0 Å². The zero-order valence-electron chi connectivity index (χ0n) is 12.4. The van der Waals surface area contributed by atoms with Gasteiger partial charge in [-0.15, -0.1) is 0 Å². The van der Waals surface area contributed by atoms with Crippen LogP contribution >= 0.6 is 0 Å². The van der Waals surface area contributed by atoms with Crippen molar-refractivity contribution in [3.63, 3.8) is 0 Å². The van der Waals surface area contributed by atoms with E-state index in [1.807, 2.05) is 6.92 Å². The first kappa shape index (κ1) is 14.5. The second-order valence-corrected chi connectivity index (χ2v) is 4.92. The molecule has 0 bridgehead atoms. The smallest absolute Gasteiger partial charge is 0.248 e. The standard InChI is InChI=1S/C15H21N3O2/c1-10-6-5-7-11(2)14(10)16-12(3)15-17-13(18-20-15)8-9-19-4/h5-7,12,16H,8-9H2,1-4H3/t12-/m0/s1. The van der Waals surface area contributed by atoms with Gasteiger partial charge in [-0.25, -0.2) is 0 Å². The van der Waals surface area contributed by atoms with E-state index in [4.69, 9.17) is 9.26 Å². The van der Waals surface area contributed by atoms with Gasteiger partial charge < -0.3 is 14.6 Å². The molecule has 2 rings (SSSR count). The summed E-state index contributed by atoms with van der Waals surface area (Å²) < 4.78 is 10.3. The Kier molecular flexibility index (Phi) is 4.74. The molecule has 0 saturated heterocycles. The summed E-state index contributed by atoms with van der Waals surface area (Å²) in [6, 6.07) is 6.19. The van der Waals surface area contributed by atoms with E-state index in [1.54, 1.807) is 7.11 Å². The largest absolute Gasteiger partial charge is 0.384 e. The van der Waals surface area contributed by atoms with Crippen LogP contribution in [0, 0.1) is 13.8 Å². The molecule has 0 fully saturated rings. The second kappa shape index (κ2) is 6.52. The van der Waals surface area contributed by atoms with E-state index in [9.17, 15) is 0 Å². The molecule has 2 aromatic rings. The minimum Gasteiger partial charge on any atom is -0.384 e. The van der Waals surface area contributed by atoms with Crippen molar-refractivity contribution in [2.75, 3.05) is 19.0 Å². The van der Waals surface area contributed by atoms with Crippen molar-refractivity contribution in [3.8, 4) is 0 Å². The van der Waals surface area contributed by atoms with E-state index in [1.165, 1.54) is 11.1 Å². The zero-order chi connectivity index (χ0) is 14.5. The lowest BCUT2D eigenvalue weighted by molar-refractivity contribution is 0.199. The minimum absolute atomic E-state index is 0.0291. The molecule has 0 unspecified atom stereocenters. The summed E-state index contributed by atoms with van der Waals surface area (Å²) in [5, 5.41) is 7.39. The molecular formula is C15H21N3O2. The van der Waals surface area contributed by atoms with E-state index in [0.29, 0.717) is 24.7 Å². The normalized spacial score (nSPS) is 12.4. The van der Waals surface area contributed by atoms with Crippen LogP contribution in [0.1, 0.15) is 35.8 Å². The van der Waals surface area contributed by atoms with Gasteiger partial charge in [0.25, 0.3) is 0 Å². The van der Waals surface area contributed by atoms with Crippen molar-refractivity contribution in [3.05, 3.63) is 41.0 Å². The Hall–Kier alpha value is -1.88. The van der Waals surface area contributed by atoms with Gasteiger partial charge in [0.1, 0.15) is 6.04 Å². The van der Waals surface area contributed by atoms with Gasteiger partial charge in [0.15, 0.2) is 5.82 Å². The minimum atomic E-state index is -0.0291. The number of hydrogen-bond donors (Lipinski definition) is 1. The van der Waals surface area contributed by atoms with E-state index in [-0.39, 0.29) is 6.04 Å². The number of ether oxygens (including phenoxy) is 1. The lowest BCUT2D eigenvalue weighted by atomic mass is 10.1. The average Bonchev–Trinajstić information content (AvgIpc) is 2.89. The number of aromatic nitrogens is 2. The third kappa shape index (κ3) is 3.36. The Morgan fingerprint density at radius 3 is 2.65 bits per heavy atom. The van der Waals surface area contributed by atoms with Gasteiger partial charge in [0.2, 0.25) is 5.89 Å².